The van der Waals surface area contributed by atoms with E-state index in [2.05, 4.69) is 21.9 Å². The fraction of sp³-hybridized carbons (Fsp3) is 0.556. The minimum absolute atomic E-state index is 0.0217. The molecular formula is C27H34F2N6O3S. The molecule has 3 amide bonds. The van der Waals surface area contributed by atoms with Gasteiger partial charge in [0.1, 0.15) is 5.92 Å². The number of halogens is 2. The van der Waals surface area contributed by atoms with Gasteiger partial charge in [0.25, 0.3) is 5.92 Å². The number of nitrogens with zero attached hydrogens (tertiary/aromatic N) is 3. The summed E-state index contributed by atoms with van der Waals surface area (Å²) in [6.07, 6.45) is 5.46. The first-order valence-corrected chi connectivity index (χ1v) is 13.9. The second-order valence-corrected chi connectivity index (χ2v) is 10.9. The van der Waals surface area contributed by atoms with E-state index < -0.39 is 17.7 Å². The van der Waals surface area contributed by atoms with Crippen molar-refractivity contribution in [2.24, 2.45) is 5.92 Å². The molecule has 3 unspecified atom stereocenters. The fourth-order valence-electron chi connectivity index (χ4n) is 4.56. The zero-order valence-electron chi connectivity index (χ0n) is 21.9. The van der Waals surface area contributed by atoms with Crippen molar-refractivity contribution in [2.75, 3.05) is 49.9 Å². The second kappa shape index (κ2) is 14.2. The minimum atomic E-state index is -2.65. The van der Waals surface area contributed by atoms with Gasteiger partial charge in [-0.1, -0.05) is 12.0 Å². The van der Waals surface area contributed by atoms with Gasteiger partial charge in [0.05, 0.1) is 29.8 Å². The van der Waals surface area contributed by atoms with Gasteiger partial charge < -0.3 is 20.9 Å². The number of nitriles is 1. The predicted molar refractivity (Wildman–Crippen MR) is 147 cm³/mol. The van der Waals surface area contributed by atoms with Crippen LogP contribution in [-0.4, -0.2) is 83.3 Å². The molecule has 0 spiro atoms. The summed E-state index contributed by atoms with van der Waals surface area (Å²) in [5.74, 6) is -1.96. The van der Waals surface area contributed by atoms with E-state index >= 15 is 0 Å². The van der Waals surface area contributed by atoms with Gasteiger partial charge in [-0.05, 0) is 31.5 Å². The van der Waals surface area contributed by atoms with Crippen LogP contribution >= 0.6 is 11.8 Å². The van der Waals surface area contributed by atoms with Crippen LogP contribution in [0.5, 0.6) is 0 Å². The van der Waals surface area contributed by atoms with Gasteiger partial charge in [-0.2, -0.15) is 5.26 Å². The van der Waals surface area contributed by atoms with E-state index in [0.29, 0.717) is 25.2 Å². The molecule has 210 valence electrons. The fourth-order valence-corrected chi connectivity index (χ4v) is 6.15. The summed E-state index contributed by atoms with van der Waals surface area (Å²) in [6.45, 7) is 3.32. The lowest BCUT2D eigenvalue weighted by molar-refractivity contribution is -0.131. The molecule has 0 aliphatic carbocycles. The van der Waals surface area contributed by atoms with Crippen molar-refractivity contribution < 1.29 is 23.2 Å². The third kappa shape index (κ3) is 8.84. The van der Waals surface area contributed by atoms with Crippen molar-refractivity contribution >= 4 is 40.9 Å². The number of carbonyl (C=O) groups is 3. The quantitative estimate of drug-likeness (QED) is 0.337. The van der Waals surface area contributed by atoms with Gasteiger partial charge >= 0.3 is 0 Å². The SMILES string of the molecule is C#CCNC(=O)C(C#N)CC1SC(CCNc2cccc(NC(=O)CN3CCC(F)(F)CC3)c2)C(=O)N1CC. The molecule has 2 saturated heterocycles. The number of benzene rings is 1. The molecule has 9 nitrogen and oxygen atoms in total. The van der Waals surface area contributed by atoms with Gasteiger partial charge in [0.2, 0.25) is 17.7 Å². The maximum Gasteiger partial charge on any atom is 0.250 e. The topological polar surface area (TPSA) is 118 Å². The van der Waals surface area contributed by atoms with Crippen LogP contribution in [0.25, 0.3) is 0 Å². The van der Waals surface area contributed by atoms with Crippen LogP contribution in [0.4, 0.5) is 20.2 Å². The molecule has 2 aliphatic heterocycles. The van der Waals surface area contributed by atoms with Crippen molar-refractivity contribution in [1.82, 2.24) is 15.1 Å². The number of nitrogens with one attached hydrogen (secondary N) is 3. The predicted octanol–water partition coefficient (Wildman–Crippen LogP) is 2.73. The Balaban J connectivity index is 1.47. The number of rotatable bonds is 12. The second-order valence-electron chi connectivity index (χ2n) is 9.52. The van der Waals surface area contributed by atoms with Gasteiger partial charge in [0.15, 0.2) is 0 Å². The average Bonchev–Trinajstić information content (AvgIpc) is 3.20. The third-order valence-electron chi connectivity index (χ3n) is 6.68. The van der Waals surface area contributed by atoms with Crippen LogP contribution in [0, 0.1) is 29.6 Å². The number of amides is 3. The number of terminal acetylenes is 1. The summed E-state index contributed by atoms with van der Waals surface area (Å²) < 4.78 is 26.7. The van der Waals surface area contributed by atoms with E-state index in [1.807, 2.05) is 19.1 Å². The highest BCUT2D eigenvalue weighted by atomic mass is 32.2. The zero-order valence-corrected chi connectivity index (χ0v) is 22.7. The average molecular weight is 561 g/mol. The molecular weight excluding hydrogens is 526 g/mol. The number of piperidine rings is 1. The van der Waals surface area contributed by atoms with Gasteiger partial charge in [-0.3, -0.25) is 19.3 Å². The van der Waals surface area contributed by atoms with Crippen LogP contribution in [0.15, 0.2) is 24.3 Å². The van der Waals surface area contributed by atoms with E-state index in [1.165, 1.54) is 11.8 Å². The molecule has 2 heterocycles. The molecule has 1 aromatic carbocycles. The van der Waals surface area contributed by atoms with E-state index in [4.69, 9.17) is 6.42 Å². The van der Waals surface area contributed by atoms with E-state index in [9.17, 15) is 28.4 Å². The van der Waals surface area contributed by atoms with Crippen molar-refractivity contribution in [3.8, 4) is 18.4 Å². The van der Waals surface area contributed by atoms with Crippen LogP contribution in [-0.2, 0) is 14.4 Å². The summed E-state index contributed by atoms with van der Waals surface area (Å²) in [4.78, 5) is 41.0. The van der Waals surface area contributed by atoms with Crippen molar-refractivity contribution in [3.63, 3.8) is 0 Å². The van der Waals surface area contributed by atoms with Crippen LogP contribution in [0.1, 0.15) is 32.6 Å². The number of likely N-dealkylation sites (tertiary alicyclic amines) is 1. The largest absolute Gasteiger partial charge is 0.385 e. The number of alkyl halides is 2. The molecule has 0 radical (unpaired) electrons. The molecule has 2 fully saturated rings. The molecule has 0 aromatic heterocycles. The van der Waals surface area contributed by atoms with Crippen molar-refractivity contribution in [1.29, 1.82) is 5.26 Å². The molecule has 12 heteroatoms. The molecule has 2 aliphatic rings. The first kappa shape index (κ1) is 30.2. The Morgan fingerprint density at radius 2 is 2.00 bits per heavy atom. The monoisotopic (exact) mass is 560 g/mol. The Bertz CT molecular complexity index is 1110. The number of anilines is 2. The van der Waals surface area contributed by atoms with Crippen LogP contribution in [0.3, 0.4) is 0 Å². The summed E-state index contributed by atoms with van der Waals surface area (Å²) in [6, 6.07) is 9.18. The maximum atomic E-state index is 13.3. The minimum Gasteiger partial charge on any atom is -0.385 e. The Labute approximate surface area is 232 Å². The lowest BCUT2D eigenvalue weighted by atomic mass is 10.1. The molecule has 3 atom stereocenters. The van der Waals surface area contributed by atoms with Gasteiger partial charge in [-0.25, -0.2) is 8.78 Å². The Hall–Kier alpha value is -3.35. The Morgan fingerprint density at radius 1 is 1.28 bits per heavy atom. The van der Waals surface area contributed by atoms with Crippen LogP contribution in [0.2, 0.25) is 0 Å². The lowest BCUT2D eigenvalue weighted by Gasteiger charge is -2.31. The third-order valence-corrected chi connectivity index (χ3v) is 8.21. The van der Waals surface area contributed by atoms with Gasteiger partial charge in [-0.15, -0.1) is 18.2 Å². The molecule has 39 heavy (non-hydrogen) atoms. The van der Waals surface area contributed by atoms with Crippen molar-refractivity contribution in [3.05, 3.63) is 24.3 Å². The normalized spacial score (nSPS) is 21.5. The summed E-state index contributed by atoms with van der Waals surface area (Å²) in [7, 11) is 0. The molecule has 3 N–H and O–H groups in total. The summed E-state index contributed by atoms with van der Waals surface area (Å²) in [5.41, 5.74) is 1.35. The first-order valence-electron chi connectivity index (χ1n) is 13.0. The number of carbonyl (C=O) groups excluding carboxylic acids is 3. The Morgan fingerprint density at radius 3 is 2.67 bits per heavy atom. The highest BCUT2D eigenvalue weighted by molar-refractivity contribution is 8.01. The van der Waals surface area contributed by atoms with Crippen LogP contribution < -0.4 is 16.0 Å². The lowest BCUT2D eigenvalue weighted by Crippen LogP contribution is -2.42. The standard InChI is InChI=1S/C27H34F2N6O3S/c1-3-11-32-25(37)19(17-30)15-24-35(4-2)26(38)22(39-24)8-12-31-20-6-5-7-21(16-20)33-23(36)18-34-13-9-27(28,29)10-14-34/h1,5-7,16,19,22,24,31H,4,8-15,18H2,2H3,(H,32,37)(H,33,36). The van der Waals surface area contributed by atoms with E-state index in [1.54, 1.807) is 28.0 Å². The molecule has 3 rings (SSSR count). The van der Waals surface area contributed by atoms with Crippen molar-refractivity contribution in [2.45, 2.75) is 49.2 Å². The summed E-state index contributed by atoms with van der Waals surface area (Å²) >= 11 is 1.46. The molecule has 0 saturated carbocycles. The number of thioether (sulfide) groups is 1. The highest BCUT2D eigenvalue weighted by Crippen LogP contribution is 2.37. The van der Waals surface area contributed by atoms with E-state index in [-0.39, 0.29) is 67.9 Å². The molecule has 1 aromatic rings. The first-order chi connectivity index (χ1) is 18.7. The number of hydrogen-bond acceptors (Lipinski definition) is 7. The van der Waals surface area contributed by atoms with E-state index in [0.717, 1.165) is 5.69 Å². The van der Waals surface area contributed by atoms with Gasteiger partial charge in [0, 0.05) is 56.8 Å². The molecule has 0 bridgehead atoms. The zero-order chi connectivity index (χ0) is 28.4. The number of hydrogen-bond donors (Lipinski definition) is 3. The smallest absolute Gasteiger partial charge is 0.250 e. The highest BCUT2D eigenvalue weighted by Gasteiger charge is 2.41. The summed E-state index contributed by atoms with van der Waals surface area (Å²) in [5, 5.41) is 17.5. The maximum absolute atomic E-state index is 13.3. The Kier molecular flexibility index (Phi) is 11.0.